The molecule has 0 saturated carbocycles. The predicted molar refractivity (Wildman–Crippen MR) is 74.2 cm³/mol. The largest absolute Gasteiger partial charge is 0.507 e. The monoisotopic (exact) mass is 271 g/mol. The van der Waals surface area contributed by atoms with Crippen molar-refractivity contribution in [3.05, 3.63) is 59.2 Å². The predicted octanol–water partition coefficient (Wildman–Crippen LogP) is 2.65. The van der Waals surface area contributed by atoms with Gasteiger partial charge in [-0.2, -0.15) is 0 Å². The number of aromatic hydroxyl groups is 1. The summed E-state index contributed by atoms with van der Waals surface area (Å²) >= 11 is 0. The SMILES string of the molecule is Cc1ccc(C(=O)Nc2ccc(C(=O)O)cc2)c(O)c1. The first-order valence-electron chi connectivity index (χ1n) is 5.91. The number of carbonyl (C=O) groups is 2. The molecule has 1 amide bonds. The molecule has 0 aliphatic rings. The van der Waals surface area contributed by atoms with E-state index in [1.807, 2.05) is 6.92 Å². The Bertz CT molecular complexity index is 662. The summed E-state index contributed by atoms with van der Waals surface area (Å²) in [7, 11) is 0. The molecule has 5 nitrogen and oxygen atoms in total. The molecule has 0 aromatic heterocycles. The Morgan fingerprint density at radius 2 is 1.70 bits per heavy atom. The summed E-state index contributed by atoms with van der Waals surface area (Å²) in [6, 6.07) is 10.5. The number of aromatic carboxylic acids is 1. The van der Waals surface area contributed by atoms with Crippen molar-refractivity contribution in [2.45, 2.75) is 6.92 Å². The van der Waals surface area contributed by atoms with Crippen molar-refractivity contribution in [2.75, 3.05) is 5.32 Å². The fourth-order valence-electron chi connectivity index (χ4n) is 1.73. The van der Waals surface area contributed by atoms with Gasteiger partial charge in [0.05, 0.1) is 11.1 Å². The van der Waals surface area contributed by atoms with Crippen LogP contribution >= 0.6 is 0 Å². The van der Waals surface area contributed by atoms with Crippen LogP contribution in [0.1, 0.15) is 26.3 Å². The Labute approximate surface area is 115 Å². The molecule has 0 atom stereocenters. The number of amides is 1. The second-order valence-electron chi connectivity index (χ2n) is 4.36. The average molecular weight is 271 g/mol. The summed E-state index contributed by atoms with van der Waals surface area (Å²) in [6.07, 6.45) is 0. The lowest BCUT2D eigenvalue weighted by molar-refractivity contribution is 0.0696. The number of nitrogens with one attached hydrogen (secondary N) is 1. The molecule has 0 fully saturated rings. The molecule has 0 aliphatic heterocycles. The third-order valence-corrected chi connectivity index (χ3v) is 2.79. The molecule has 2 aromatic rings. The Morgan fingerprint density at radius 3 is 2.25 bits per heavy atom. The third kappa shape index (κ3) is 2.95. The third-order valence-electron chi connectivity index (χ3n) is 2.79. The molecule has 20 heavy (non-hydrogen) atoms. The van der Waals surface area contributed by atoms with Gasteiger partial charge in [-0.25, -0.2) is 4.79 Å². The zero-order chi connectivity index (χ0) is 14.7. The molecule has 0 bridgehead atoms. The maximum absolute atomic E-state index is 12.0. The molecule has 2 rings (SSSR count). The van der Waals surface area contributed by atoms with Gasteiger partial charge in [0.15, 0.2) is 0 Å². The average Bonchev–Trinajstić information content (AvgIpc) is 2.39. The van der Waals surface area contributed by atoms with Gasteiger partial charge in [-0.05, 0) is 48.9 Å². The zero-order valence-electron chi connectivity index (χ0n) is 10.8. The van der Waals surface area contributed by atoms with Gasteiger partial charge in [-0.3, -0.25) is 4.79 Å². The molecule has 0 spiro atoms. The Balaban J connectivity index is 2.17. The van der Waals surface area contributed by atoms with Gasteiger partial charge in [0, 0.05) is 5.69 Å². The first-order chi connectivity index (χ1) is 9.47. The Kier molecular flexibility index (Phi) is 3.70. The molecule has 0 radical (unpaired) electrons. The fourth-order valence-corrected chi connectivity index (χ4v) is 1.73. The highest BCUT2D eigenvalue weighted by Crippen LogP contribution is 2.20. The number of carboxylic acids is 1. The fraction of sp³-hybridized carbons (Fsp3) is 0.0667. The van der Waals surface area contributed by atoms with Gasteiger partial charge in [0.25, 0.3) is 5.91 Å². The molecule has 102 valence electrons. The molecule has 5 heteroatoms. The van der Waals surface area contributed by atoms with Gasteiger partial charge in [-0.15, -0.1) is 0 Å². The van der Waals surface area contributed by atoms with Crippen molar-refractivity contribution in [1.29, 1.82) is 0 Å². The van der Waals surface area contributed by atoms with E-state index < -0.39 is 11.9 Å². The molecule has 2 aromatic carbocycles. The summed E-state index contributed by atoms with van der Waals surface area (Å²) in [5.74, 6) is -1.57. The highest BCUT2D eigenvalue weighted by molar-refractivity contribution is 6.06. The van der Waals surface area contributed by atoms with E-state index in [9.17, 15) is 14.7 Å². The summed E-state index contributed by atoms with van der Waals surface area (Å²) in [4.78, 5) is 22.7. The molecule has 0 aliphatic carbocycles. The standard InChI is InChI=1S/C15H13NO4/c1-9-2-7-12(13(17)8-9)14(18)16-11-5-3-10(4-6-11)15(19)20/h2-8,17H,1H3,(H,16,18)(H,19,20). The van der Waals surface area contributed by atoms with Crippen LogP contribution in [0.25, 0.3) is 0 Å². The quantitative estimate of drug-likeness (QED) is 0.801. The molecular weight excluding hydrogens is 258 g/mol. The number of aryl methyl sites for hydroxylation is 1. The number of phenols is 1. The van der Waals surface area contributed by atoms with Crippen LogP contribution in [-0.4, -0.2) is 22.1 Å². The maximum Gasteiger partial charge on any atom is 0.335 e. The van der Waals surface area contributed by atoms with Crippen LogP contribution in [0.5, 0.6) is 5.75 Å². The zero-order valence-corrected chi connectivity index (χ0v) is 10.8. The van der Waals surface area contributed by atoms with Crippen LogP contribution in [0.2, 0.25) is 0 Å². The molecule has 3 N–H and O–H groups in total. The van der Waals surface area contributed by atoms with E-state index >= 15 is 0 Å². The van der Waals surface area contributed by atoms with E-state index in [1.165, 1.54) is 36.4 Å². The number of phenolic OH excluding ortho intramolecular Hbond substituents is 1. The summed E-state index contributed by atoms with van der Waals surface area (Å²) in [6.45, 7) is 1.81. The van der Waals surface area contributed by atoms with Crippen LogP contribution < -0.4 is 5.32 Å². The van der Waals surface area contributed by atoms with E-state index in [-0.39, 0.29) is 16.9 Å². The number of hydrogen-bond donors (Lipinski definition) is 3. The van der Waals surface area contributed by atoms with Crippen molar-refractivity contribution in [3.8, 4) is 5.75 Å². The molecule has 0 unspecified atom stereocenters. The van der Waals surface area contributed by atoms with Crippen molar-refractivity contribution in [1.82, 2.24) is 0 Å². The topological polar surface area (TPSA) is 86.6 Å². The lowest BCUT2D eigenvalue weighted by atomic mass is 10.1. The smallest absolute Gasteiger partial charge is 0.335 e. The number of benzene rings is 2. The minimum Gasteiger partial charge on any atom is -0.507 e. The number of carboxylic acid groups (broad SMARTS) is 1. The number of carbonyl (C=O) groups excluding carboxylic acids is 1. The van der Waals surface area contributed by atoms with Crippen molar-refractivity contribution in [2.24, 2.45) is 0 Å². The van der Waals surface area contributed by atoms with Gasteiger partial charge in [0.1, 0.15) is 5.75 Å². The minimum atomic E-state index is -1.03. The lowest BCUT2D eigenvalue weighted by Crippen LogP contribution is -2.12. The second-order valence-corrected chi connectivity index (χ2v) is 4.36. The van der Waals surface area contributed by atoms with Crippen molar-refractivity contribution >= 4 is 17.6 Å². The summed E-state index contributed by atoms with van der Waals surface area (Å²) in [5, 5.41) is 21.1. The van der Waals surface area contributed by atoms with Crippen LogP contribution in [-0.2, 0) is 0 Å². The van der Waals surface area contributed by atoms with Crippen molar-refractivity contribution in [3.63, 3.8) is 0 Å². The van der Waals surface area contributed by atoms with E-state index in [0.29, 0.717) is 5.69 Å². The summed E-state index contributed by atoms with van der Waals surface area (Å²) < 4.78 is 0. The molecule has 0 saturated heterocycles. The van der Waals surface area contributed by atoms with E-state index in [1.54, 1.807) is 6.07 Å². The van der Waals surface area contributed by atoms with Gasteiger partial charge < -0.3 is 15.5 Å². The van der Waals surface area contributed by atoms with Crippen LogP contribution in [0, 0.1) is 6.92 Å². The highest BCUT2D eigenvalue weighted by Gasteiger charge is 2.11. The van der Waals surface area contributed by atoms with E-state index in [4.69, 9.17) is 5.11 Å². The van der Waals surface area contributed by atoms with Gasteiger partial charge >= 0.3 is 5.97 Å². The number of anilines is 1. The highest BCUT2D eigenvalue weighted by atomic mass is 16.4. The van der Waals surface area contributed by atoms with Crippen LogP contribution in [0.4, 0.5) is 5.69 Å². The number of rotatable bonds is 3. The van der Waals surface area contributed by atoms with Crippen LogP contribution in [0.3, 0.4) is 0 Å². The second kappa shape index (κ2) is 5.44. The first kappa shape index (κ1) is 13.6. The normalized spacial score (nSPS) is 10.1. The summed E-state index contributed by atoms with van der Waals surface area (Å²) in [5.41, 5.74) is 1.61. The van der Waals surface area contributed by atoms with E-state index in [0.717, 1.165) is 5.56 Å². The van der Waals surface area contributed by atoms with Crippen LogP contribution in [0.15, 0.2) is 42.5 Å². The Morgan fingerprint density at radius 1 is 1.05 bits per heavy atom. The van der Waals surface area contributed by atoms with Gasteiger partial charge in [0.2, 0.25) is 0 Å². The van der Waals surface area contributed by atoms with Gasteiger partial charge in [-0.1, -0.05) is 6.07 Å². The minimum absolute atomic E-state index is 0.0929. The lowest BCUT2D eigenvalue weighted by Gasteiger charge is -2.07. The molecule has 0 heterocycles. The maximum atomic E-state index is 12.0. The molecular formula is C15H13NO4. The first-order valence-corrected chi connectivity index (χ1v) is 5.91. The number of hydrogen-bond acceptors (Lipinski definition) is 3. The van der Waals surface area contributed by atoms with E-state index in [2.05, 4.69) is 5.32 Å². The Hall–Kier alpha value is -2.82. The van der Waals surface area contributed by atoms with Crippen molar-refractivity contribution < 1.29 is 19.8 Å².